The van der Waals surface area contributed by atoms with Gasteiger partial charge in [-0.05, 0) is 30.7 Å². The van der Waals surface area contributed by atoms with Gasteiger partial charge in [-0.1, -0.05) is 0 Å². The second-order valence-corrected chi connectivity index (χ2v) is 4.02. The lowest BCUT2D eigenvalue weighted by Gasteiger charge is -2.21. The summed E-state index contributed by atoms with van der Waals surface area (Å²) >= 11 is 0. The Hall–Kier alpha value is -1.59. The molecule has 0 aliphatic heterocycles. The highest BCUT2D eigenvalue weighted by Crippen LogP contribution is 2.16. The standard InChI is InChI=1S/C13H20N2O3/c1-10-9-11(14-2)3-4-12(10)13(18)15(5-7-16)6-8-17/h3-4,9,14,16-17H,5-8H2,1-2H3. The van der Waals surface area contributed by atoms with Crippen LogP contribution in [0.4, 0.5) is 5.69 Å². The molecule has 1 aromatic rings. The first kappa shape index (κ1) is 14.5. The maximum Gasteiger partial charge on any atom is 0.254 e. The van der Waals surface area contributed by atoms with Gasteiger partial charge in [0.25, 0.3) is 5.91 Å². The minimum atomic E-state index is -0.168. The largest absolute Gasteiger partial charge is 0.395 e. The Bertz CT molecular complexity index is 401. The van der Waals surface area contributed by atoms with Crippen molar-refractivity contribution in [1.29, 1.82) is 0 Å². The van der Waals surface area contributed by atoms with Crippen LogP contribution in [-0.2, 0) is 0 Å². The molecule has 3 N–H and O–H groups in total. The van der Waals surface area contributed by atoms with E-state index in [4.69, 9.17) is 10.2 Å². The normalized spacial score (nSPS) is 10.2. The highest BCUT2D eigenvalue weighted by molar-refractivity contribution is 5.96. The number of carbonyl (C=O) groups excluding carboxylic acids is 1. The van der Waals surface area contributed by atoms with E-state index in [1.165, 1.54) is 4.90 Å². The molecule has 18 heavy (non-hydrogen) atoms. The third kappa shape index (κ3) is 3.45. The van der Waals surface area contributed by atoms with E-state index < -0.39 is 0 Å². The number of carbonyl (C=O) groups is 1. The van der Waals surface area contributed by atoms with Crippen LogP contribution in [0.5, 0.6) is 0 Å². The zero-order chi connectivity index (χ0) is 13.5. The molecule has 100 valence electrons. The number of aryl methyl sites for hydroxylation is 1. The zero-order valence-corrected chi connectivity index (χ0v) is 10.8. The van der Waals surface area contributed by atoms with E-state index >= 15 is 0 Å². The summed E-state index contributed by atoms with van der Waals surface area (Å²) < 4.78 is 0. The van der Waals surface area contributed by atoms with Crippen molar-refractivity contribution in [3.05, 3.63) is 29.3 Å². The molecular formula is C13H20N2O3. The molecule has 1 aromatic carbocycles. The van der Waals surface area contributed by atoms with Crippen molar-refractivity contribution in [2.24, 2.45) is 0 Å². The minimum absolute atomic E-state index is 0.112. The summed E-state index contributed by atoms with van der Waals surface area (Å²) in [6, 6.07) is 5.48. The second kappa shape index (κ2) is 6.98. The van der Waals surface area contributed by atoms with Crippen molar-refractivity contribution < 1.29 is 15.0 Å². The Balaban J connectivity index is 2.93. The average Bonchev–Trinajstić information content (AvgIpc) is 2.37. The van der Waals surface area contributed by atoms with Crippen molar-refractivity contribution in [2.45, 2.75) is 6.92 Å². The summed E-state index contributed by atoms with van der Waals surface area (Å²) in [5.41, 5.74) is 2.41. The van der Waals surface area contributed by atoms with Gasteiger partial charge in [-0.25, -0.2) is 0 Å². The van der Waals surface area contributed by atoms with Crippen LogP contribution in [0.15, 0.2) is 18.2 Å². The van der Waals surface area contributed by atoms with Crippen LogP contribution in [0.2, 0.25) is 0 Å². The number of hydrogen-bond acceptors (Lipinski definition) is 4. The summed E-state index contributed by atoms with van der Waals surface area (Å²) in [5, 5.41) is 20.9. The maximum absolute atomic E-state index is 12.2. The van der Waals surface area contributed by atoms with Gasteiger partial charge in [-0.3, -0.25) is 4.79 Å². The molecule has 1 amide bonds. The zero-order valence-electron chi connectivity index (χ0n) is 10.8. The molecule has 0 radical (unpaired) electrons. The third-order valence-corrected chi connectivity index (χ3v) is 2.77. The number of nitrogens with zero attached hydrogens (tertiary/aromatic N) is 1. The number of nitrogens with one attached hydrogen (secondary N) is 1. The van der Waals surface area contributed by atoms with Crippen LogP contribution in [0.1, 0.15) is 15.9 Å². The first-order valence-electron chi connectivity index (χ1n) is 5.93. The number of rotatable bonds is 6. The molecule has 0 heterocycles. The van der Waals surface area contributed by atoms with E-state index in [1.807, 2.05) is 26.1 Å². The maximum atomic E-state index is 12.2. The number of aliphatic hydroxyl groups excluding tert-OH is 2. The fraction of sp³-hybridized carbons (Fsp3) is 0.462. The summed E-state index contributed by atoms with van der Waals surface area (Å²) in [5.74, 6) is -0.168. The molecule has 1 rings (SSSR count). The molecule has 5 nitrogen and oxygen atoms in total. The molecule has 5 heteroatoms. The Morgan fingerprint density at radius 2 is 1.89 bits per heavy atom. The van der Waals surface area contributed by atoms with Gasteiger partial charge in [0.2, 0.25) is 0 Å². The lowest BCUT2D eigenvalue weighted by molar-refractivity contribution is 0.0684. The lowest BCUT2D eigenvalue weighted by atomic mass is 10.1. The number of hydrogen-bond donors (Lipinski definition) is 3. The number of benzene rings is 1. The fourth-order valence-corrected chi connectivity index (χ4v) is 1.79. The van der Waals surface area contributed by atoms with Gasteiger partial charge in [-0.2, -0.15) is 0 Å². The van der Waals surface area contributed by atoms with E-state index in [9.17, 15) is 4.79 Å². The van der Waals surface area contributed by atoms with Crippen molar-refractivity contribution in [3.63, 3.8) is 0 Å². The fourth-order valence-electron chi connectivity index (χ4n) is 1.79. The van der Waals surface area contributed by atoms with Gasteiger partial charge in [0, 0.05) is 31.4 Å². The monoisotopic (exact) mass is 252 g/mol. The van der Waals surface area contributed by atoms with Gasteiger partial charge in [0.05, 0.1) is 13.2 Å². The van der Waals surface area contributed by atoms with Crippen molar-refractivity contribution in [1.82, 2.24) is 4.90 Å². The van der Waals surface area contributed by atoms with E-state index in [-0.39, 0.29) is 32.2 Å². The first-order chi connectivity index (χ1) is 8.63. The van der Waals surface area contributed by atoms with Crippen molar-refractivity contribution in [2.75, 3.05) is 38.7 Å². The molecule has 0 bridgehead atoms. The number of aliphatic hydroxyl groups is 2. The average molecular weight is 252 g/mol. The van der Waals surface area contributed by atoms with E-state index in [0.29, 0.717) is 5.56 Å². The lowest BCUT2D eigenvalue weighted by Crippen LogP contribution is -2.36. The molecular weight excluding hydrogens is 232 g/mol. The SMILES string of the molecule is CNc1ccc(C(=O)N(CCO)CCO)c(C)c1. The summed E-state index contributed by atoms with van der Waals surface area (Å²) in [7, 11) is 1.82. The summed E-state index contributed by atoms with van der Waals surface area (Å²) in [6.45, 7) is 2.10. The summed E-state index contributed by atoms with van der Waals surface area (Å²) in [6.07, 6.45) is 0. The summed E-state index contributed by atoms with van der Waals surface area (Å²) in [4.78, 5) is 13.7. The van der Waals surface area contributed by atoms with Crippen molar-refractivity contribution >= 4 is 11.6 Å². The van der Waals surface area contributed by atoms with Gasteiger partial charge in [0.15, 0.2) is 0 Å². The molecule has 0 aliphatic carbocycles. The van der Waals surface area contributed by atoms with Crippen LogP contribution in [0.3, 0.4) is 0 Å². The Morgan fingerprint density at radius 3 is 2.33 bits per heavy atom. The molecule has 0 atom stereocenters. The Labute approximate surface area is 107 Å². The molecule has 0 saturated heterocycles. The first-order valence-corrected chi connectivity index (χ1v) is 5.93. The molecule has 0 spiro atoms. The smallest absolute Gasteiger partial charge is 0.254 e. The van der Waals surface area contributed by atoms with Gasteiger partial charge in [-0.15, -0.1) is 0 Å². The highest BCUT2D eigenvalue weighted by atomic mass is 16.3. The number of anilines is 1. The van der Waals surface area contributed by atoms with E-state index in [0.717, 1.165) is 11.3 Å². The van der Waals surface area contributed by atoms with Crippen LogP contribution >= 0.6 is 0 Å². The predicted octanol–water partition coefficient (Wildman–Crippen LogP) is 0.464. The van der Waals surface area contributed by atoms with E-state index in [2.05, 4.69) is 5.32 Å². The minimum Gasteiger partial charge on any atom is -0.395 e. The van der Waals surface area contributed by atoms with Gasteiger partial charge in [0.1, 0.15) is 0 Å². The molecule has 0 aromatic heterocycles. The van der Waals surface area contributed by atoms with Crippen LogP contribution in [0.25, 0.3) is 0 Å². The Morgan fingerprint density at radius 1 is 1.28 bits per heavy atom. The Kier molecular flexibility index (Phi) is 5.61. The second-order valence-electron chi connectivity index (χ2n) is 4.02. The van der Waals surface area contributed by atoms with Crippen molar-refractivity contribution in [3.8, 4) is 0 Å². The van der Waals surface area contributed by atoms with Gasteiger partial charge < -0.3 is 20.4 Å². The van der Waals surface area contributed by atoms with Crippen LogP contribution in [-0.4, -0.2) is 54.4 Å². The predicted molar refractivity (Wildman–Crippen MR) is 70.8 cm³/mol. The van der Waals surface area contributed by atoms with E-state index in [1.54, 1.807) is 6.07 Å². The van der Waals surface area contributed by atoms with Crippen LogP contribution < -0.4 is 5.32 Å². The third-order valence-electron chi connectivity index (χ3n) is 2.77. The van der Waals surface area contributed by atoms with Crippen LogP contribution in [0, 0.1) is 6.92 Å². The number of amides is 1. The molecule has 0 saturated carbocycles. The highest BCUT2D eigenvalue weighted by Gasteiger charge is 2.16. The van der Waals surface area contributed by atoms with Gasteiger partial charge >= 0.3 is 0 Å². The molecule has 0 aliphatic rings. The quantitative estimate of drug-likeness (QED) is 0.688. The topological polar surface area (TPSA) is 72.8 Å². The molecule has 0 fully saturated rings. The molecule has 0 unspecified atom stereocenters.